The number of hydrogen-bond donors (Lipinski definition) is 0. The highest BCUT2D eigenvalue weighted by atomic mass is 16.3. The number of Topliss-reactive ketones (excluding diaryl/α,β-unsaturated/α-hetero) is 1. The minimum Gasteiger partial charge on any atom is -0.461 e. The molecule has 4 nitrogen and oxygen atoms in total. The van der Waals surface area contributed by atoms with Gasteiger partial charge in [-0.1, -0.05) is 0 Å². The predicted molar refractivity (Wildman–Crippen MR) is 61.7 cm³/mol. The zero-order valence-electron chi connectivity index (χ0n) is 9.56. The van der Waals surface area contributed by atoms with Crippen LogP contribution in [-0.4, -0.2) is 15.8 Å². The number of hydrogen-bond acceptors (Lipinski definition) is 4. The van der Waals surface area contributed by atoms with Gasteiger partial charge in [0.2, 0.25) is 0 Å². The molecule has 0 fully saturated rings. The van der Waals surface area contributed by atoms with E-state index in [0.29, 0.717) is 23.6 Å². The van der Waals surface area contributed by atoms with Gasteiger partial charge in [-0.05, 0) is 31.4 Å². The van der Waals surface area contributed by atoms with E-state index in [1.54, 1.807) is 12.5 Å². The van der Waals surface area contributed by atoms with E-state index < -0.39 is 0 Å². The van der Waals surface area contributed by atoms with Crippen molar-refractivity contribution in [3.8, 4) is 11.6 Å². The highest BCUT2D eigenvalue weighted by Crippen LogP contribution is 2.24. The minimum atomic E-state index is 0.147. The third-order valence-corrected chi connectivity index (χ3v) is 3.05. The Balaban J connectivity index is 2.10. The van der Waals surface area contributed by atoms with E-state index >= 15 is 0 Å². The summed E-state index contributed by atoms with van der Waals surface area (Å²) in [7, 11) is 0. The zero-order valence-corrected chi connectivity index (χ0v) is 9.56. The molecule has 0 aromatic carbocycles. The standard InChI is InChI=1S/C13H12N2O2/c1-8-5-6-17-12(8)13-14-7-9-10(15-13)3-2-4-11(9)16/h5-7H,2-4H2,1H3. The summed E-state index contributed by atoms with van der Waals surface area (Å²) in [5.74, 6) is 1.40. The molecular formula is C13H12N2O2. The molecule has 4 heteroatoms. The van der Waals surface area contributed by atoms with Gasteiger partial charge < -0.3 is 4.42 Å². The van der Waals surface area contributed by atoms with Gasteiger partial charge in [-0.3, -0.25) is 4.79 Å². The molecule has 2 heterocycles. The third kappa shape index (κ3) is 1.65. The Morgan fingerprint density at radius 2 is 2.24 bits per heavy atom. The van der Waals surface area contributed by atoms with E-state index in [-0.39, 0.29) is 5.78 Å². The van der Waals surface area contributed by atoms with Crippen molar-refractivity contribution in [2.75, 3.05) is 0 Å². The monoisotopic (exact) mass is 228 g/mol. The van der Waals surface area contributed by atoms with Crippen molar-refractivity contribution >= 4 is 5.78 Å². The molecule has 2 aromatic rings. The lowest BCUT2D eigenvalue weighted by atomic mass is 9.96. The Morgan fingerprint density at radius 1 is 1.35 bits per heavy atom. The Kier molecular flexibility index (Phi) is 2.28. The molecular weight excluding hydrogens is 216 g/mol. The first-order chi connectivity index (χ1) is 8.25. The van der Waals surface area contributed by atoms with Gasteiger partial charge in [-0.15, -0.1) is 0 Å². The largest absolute Gasteiger partial charge is 0.461 e. The van der Waals surface area contributed by atoms with E-state index in [2.05, 4.69) is 9.97 Å². The summed E-state index contributed by atoms with van der Waals surface area (Å²) in [6.45, 7) is 1.95. The number of nitrogens with zero attached hydrogens (tertiary/aromatic N) is 2. The lowest BCUT2D eigenvalue weighted by Gasteiger charge is -2.13. The number of furan rings is 1. The molecule has 0 spiro atoms. The van der Waals surface area contributed by atoms with Crippen LogP contribution >= 0.6 is 0 Å². The van der Waals surface area contributed by atoms with Gasteiger partial charge in [0.05, 0.1) is 17.5 Å². The van der Waals surface area contributed by atoms with Crippen LogP contribution in [0, 0.1) is 6.92 Å². The van der Waals surface area contributed by atoms with E-state index in [1.165, 1.54) is 0 Å². The van der Waals surface area contributed by atoms with Crippen LogP contribution in [0.1, 0.15) is 34.5 Å². The second kappa shape index (κ2) is 3.80. The van der Waals surface area contributed by atoms with Gasteiger partial charge in [0, 0.05) is 12.6 Å². The first-order valence-corrected chi connectivity index (χ1v) is 5.69. The molecule has 1 aliphatic rings. The molecule has 17 heavy (non-hydrogen) atoms. The maximum atomic E-state index is 11.6. The number of ketones is 1. The summed E-state index contributed by atoms with van der Waals surface area (Å²) in [4.78, 5) is 20.3. The van der Waals surface area contributed by atoms with Crippen molar-refractivity contribution in [1.29, 1.82) is 0 Å². The van der Waals surface area contributed by atoms with Crippen molar-refractivity contribution in [3.05, 3.63) is 35.3 Å². The molecule has 3 rings (SSSR count). The van der Waals surface area contributed by atoms with E-state index in [4.69, 9.17) is 4.42 Å². The second-order valence-electron chi connectivity index (χ2n) is 4.26. The van der Waals surface area contributed by atoms with E-state index in [1.807, 2.05) is 13.0 Å². The van der Waals surface area contributed by atoms with Crippen molar-refractivity contribution in [1.82, 2.24) is 9.97 Å². The van der Waals surface area contributed by atoms with Crippen molar-refractivity contribution in [3.63, 3.8) is 0 Å². The first-order valence-electron chi connectivity index (χ1n) is 5.69. The molecule has 0 unspecified atom stereocenters. The fourth-order valence-corrected chi connectivity index (χ4v) is 2.10. The maximum Gasteiger partial charge on any atom is 0.196 e. The number of carbonyl (C=O) groups excluding carboxylic acids is 1. The Labute approximate surface area is 98.7 Å². The third-order valence-electron chi connectivity index (χ3n) is 3.05. The van der Waals surface area contributed by atoms with Crippen LogP contribution in [0.4, 0.5) is 0 Å². The summed E-state index contributed by atoms with van der Waals surface area (Å²) >= 11 is 0. The van der Waals surface area contributed by atoms with Crippen molar-refractivity contribution in [2.45, 2.75) is 26.2 Å². The number of fused-ring (bicyclic) bond motifs is 1. The van der Waals surface area contributed by atoms with Gasteiger partial charge in [-0.2, -0.15) is 0 Å². The molecule has 2 aromatic heterocycles. The fraction of sp³-hybridized carbons (Fsp3) is 0.308. The van der Waals surface area contributed by atoms with Crippen LogP contribution in [0.5, 0.6) is 0 Å². The van der Waals surface area contributed by atoms with Crippen LogP contribution in [-0.2, 0) is 6.42 Å². The smallest absolute Gasteiger partial charge is 0.196 e. The summed E-state index contributed by atoms with van der Waals surface area (Å²) < 4.78 is 5.36. The van der Waals surface area contributed by atoms with Crippen molar-refractivity contribution < 1.29 is 9.21 Å². The molecule has 0 aliphatic heterocycles. The molecule has 0 saturated carbocycles. The topological polar surface area (TPSA) is 56.0 Å². The Hall–Kier alpha value is -1.97. The molecule has 0 N–H and O–H groups in total. The summed E-state index contributed by atoms with van der Waals surface area (Å²) in [6.07, 6.45) is 5.57. The Morgan fingerprint density at radius 3 is 3.00 bits per heavy atom. The number of rotatable bonds is 1. The summed E-state index contributed by atoms with van der Waals surface area (Å²) in [5, 5.41) is 0. The zero-order chi connectivity index (χ0) is 11.8. The van der Waals surface area contributed by atoms with Gasteiger partial charge in [0.25, 0.3) is 0 Å². The SMILES string of the molecule is Cc1ccoc1-c1ncc2c(n1)CCCC2=O. The average molecular weight is 228 g/mol. The summed E-state index contributed by atoms with van der Waals surface area (Å²) in [6, 6.07) is 1.88. The second-order valence-corrected chi connectivity index (χ2v) is 4.26. The average Bonchev–Trinajstić information content (AvgIpc) is 2.75. The van der Waals surface area contributed by atoms with Gasteiger partial charge in [-0.25, -0.2) is 9.97 Å². The first kappa shape index (κ1) is 10.2. The van der Waals surface area contributed by atoms with Crippen LogP contribution in [0.15, 0.2) is 22.9 Å². The molecule has 0 radical (unpaired) electrons. The molecule has 86 valence electrons. The minimum absolute atomic E-state index is 0.147. The molecule has 0 saturated heterocycles. The molecule has 0 bridgehead atoms. The lowest BCUT2D eigenvalue weighted by molar-refractivity contribution is 0.0971. The fourth-order valence-electron chi connectivity index (χ4n) is 2.10. The van der Waals surface area contributed by atoms with Gasteiger partial charge >= 0.3 is 0 Å². The predicted octanol–water partition coefficient (Wildman–Crippen LogP) is 2.56. The summed E-state index contributed by atoms with van der Waals surface area (Å²) in [5.41, 5.74) is 2.53. The van der Waals surface area contributed by atoms with Crippen LogP contribution in [0.3, 0.4) is 0 Å². The molecule has 0 amide bonds. The van der Waals surface area contributed by atoms with Crippen molar-refractivity contribution in [2.24, 2.45) is 0 Å². The van der Waals surface area contributed by atoms with Gasteiger partial charge in [0.15, 0.2) is 17.4 Å². The normalized spacial score (nSPS) is 14.8. The lowest BCUT2D eigenvalue weighted by Crippen LogP contribution is -2.13. The number of aromatic nitrogens is 2. The number of aryl methyl sites for hydroxylation is 2. The number of carbonyl (C=O) groups is 1. The quantitative estimate of drug-likeness (QED) is 0.752. The highest BCUT2D eigenvalue weighted by Gasteiger charge is 2.20. The molecule has 0 atom stereocenters. The highest BCUT2D eigenvalue weighted by molar-refractivity contribution is 5.97. The molecule has 1 aliphatic carbocycles. The van der Waals surface area contributed by atoms with Crippen LogP contribution in [0.2, 0.25) is 0 Å². The van der Waals surface area contributed by atoms with E-state index in [9.17, 15) is 4.79 Å². The maximum absolute atomic E-state index is 11.6. The van der Waals surface area contributed by atoms with Crippen LogP contribution < -0.4 is 0 Å². The van der Waals surface area contributed by atoms with Gasteiger partial charge in [0.1, 0.15) is 0 Å². The van der Waals surface area contributed by atoms with Crippen LogP contribution in [0.25, 0.3) is 11.6 Å². The van der Waals surface area contributed by atoms with E-state index in [0.717, 1.165) is 24.1 Å². The Bertz CT molecular complexity index is 587.